The Hall–Kier alpha value is -0.610. The van der Waals surface area contributed by atoms with Crippen LogP contribution in [0.5, 0.6) is 0 Å². The molecule has 0 aliphatic rings. The molecule has 0 aromatic rings. The Bertz CT molecular complexity index is 141. The van der Waals surface area contributed by atoms with E-state index in [1.807, 2.05) is 13.8 Å². The van der Waals surface area contributed by atoms with Gasteiger partial charge in [-0.3, -0.25) is 0 Å². The lowest BCUT2D eigenvalue weighted by atomic mass is 10.5. The molecule has 0 atom stereocenters. The molecule has 0 aromatic carbocycles. The molecular formula is C9H22N2O2. The van der Waals surface area contributed by atoms with E-state index in [1.54, 1.807) is 0 Å². The highest BCUT2D eigenvalue weighted by atomic mass is 16.8. The minimum atomic E-state index is 0. The van der Waals surface area contributed by atoms with Crippen molar-refractivity contribution in [3.05, 3.63) is 0 Å². The van der Waals surface area contributed by atoms with Crippen molar-refractivity contribution in [2.45, 2.75) is 34.6 Å². The molecule has 4 nitrogen and oxygen atoms in total. The number of hydroxylamine groups is 3. The van der Waals surface area contributed by atoms with Gasteiger partial charge in [-0.25, -0.2) is 0 Å². The Kier molecular flexibility index (Phi) is 7.85. The lowest BCUT2D eigenvalue weighted by molar-refractivity contribution is -1.10. The molecule has 0 heterocycles. The molecule has 13 heavy (non-hydrogen) atoms. The number of quaternary nitrogens is 1. The summed E-state index contributed by atoms with van der Waals surface area (Å²) in [6, 6.07) is 0. The molecule has 0 saturated carbocycles. The molecule has 80 valence electrons. The zero-order valence-electron chi connectivity index (χ0n) is 9.37. The van der Waals surface area contributed by atoms with Crippen molar-refractivity contribution < 1.29 is 15.1 Å². The third-order valence-corrected chi connectivity index (χ3v) is 2.13. The second kappa shape index (κ2) is 6.86. The van der Waals surface area contributed by atoms with E-state index < -0.39 is 0 Å². The molecule has 0 unspecified atom stereocenters. The van der Waals surface area contributed by atoms with Gasteiger partial charge in [0.25, 0.3) is 0 Å². The first-order chi connectivity index (χ1) is 5.60. The summed E-state index contributed by atoms with van der Waals surface area (Å²) < 4.78 is 0.616. The predicted octanol–water partition coefficient (Wildman–Crippen LogP) is 2.01. The largest absolute Gasteiger partial charge is 0.870 e. The van der Waals surface area contributed by atoms with Gasteiger partial charge in [0.1, 0.15) is 19.6 Å². The zero-order valence-corrected chi connectivity index (χ0v) is 9.37. The molecular weight excluding hydrogens is 168 g/mol. The van der Waals surface area contributed by atoms with Gasteiger partial charge in [-0.2, -0.15) is 4.94 Å². The number of rotatable bonds is 5. The van der Waals surface area contributed by atoms with Gasteiger partial charge in [0.2, 0.25) is 0 Å². The number of oxime groups is 1. The Morgan fingerprint density at radius 1 is 1.08 bits per heavy atom. The van der Waals surface area contributed by atoms with Crippen LogP contribution < -0.4 is 0 Å². The van der Waals surface area contributed by atoms with Crippen molar-refractivity contribution in [3.63, 3.8) is 0 Å². The Morgan fingerprint density at radius 2 is 1.46 bits per heavy atom. The molecule has 4 heteroatoms. The Morgan fingerprint density at radius 3 is 1.69 bits per heavy atom. The fourth-order valence-corrected chi connectivity index (χ4v) is 1.01. The summed E-state index contributed by atoms with van der Waals surface area (Å²) in [4.78, 5) is 5.46. The maximum Gasteiger partial charge on any atom is 0.118 e. The summed E-state index contributed by atoms with van der Waals surface area (Å²) in [5.74, 6) is 0. The van der Waals surface area contributed by atoms with Gasteiger partial charge in [-0.1, -0.05) is 0 Å². The molecule has 0 amide bonds. The van der Waals surface area contributed by atoms with Crippen molar-refractivity contribution in [1.82, 2.24) is 0 Å². The Balaban J connectivity index is 0. The van der Waals surface area contributed by atoms with Crippen LogP contribution in [0, 0.1) is 0 Å². The van der Waals surface area contributed by atoms with E-state index in [-0.39, 0.29) is 5.48 Å². The molecule has 0 rings (SSSR count). The standard InChI is InChI=1S/C9H21N2O.H2O/c1-6-11(7-2,8-3)12-10-9(4)5;/h6-8H2,1-5H3;1H2/q+1;/p-1. The van der Waals surface area contributed by atoms with E-state index in [4.69, 9.17) is 4.94 Å². The van der Waals surface area contributed by atoms with E-state index >= 15 is 0 Å². The molecule has 0 spiro atoms. The van der Waals surface area contributed by atoms with Crippen LogP contribution in [0.15, 0.2) is 5.16 Å². The van der Waals surface area contributed by atoms with E-state index in [1.165, 1.54) is 0 Å². The lowest BCUT2D eigenvalue weighted by Crippen LogP contribution is -2.46. The smallest absolute Gasteiger partial charge is 0.118 e. The van der Waals surface area contributed by atoms with Crippen molar-refractivity contribution >= 4 is 5.71 Å². The third-order valence-electron chi connectivity index (χ3n) is 2.13. The average Bonchev–Trinajstić information content (AvgIpc) is 2.08. The first-order valence-corrected chi connectivity index (χ1v) is 4.66. The van der Waals surface area contributed by atoms with Crippen molar-refractivity contribution in [3.8, 4) is 0 Å². The quantitative estimate of drug-likeness (QED) is 0.378. The summed E-state index contributed by atoms with van der Waals surface area (Å²) in [7, 11) is 0. The van der Waals surface area contributed by atoms with Crippen molar-refractivity contribution in [2.75, 3.05) is 19.6 Å². The van der Waals surface area contributed by atoms with Crippen LogP contribution in [0.2, 0.25) is 0 Å². The normalized spacial score (nSPS) is 10.2. The van der Waals surface area contributed by atoms with Crippen molar-refractivity contribution in [1.29, 1.82) is 0 Å². The summed E-state index contributed by atoms with van der Waals surface area (Å²) in [5, 5.41) is 4.00. The van der Waals surface area contributed by atoms with E-state index in [0.29, 0.717) is 4.65 Å². The van der Waals surface area contributed by atoms with Crippen LogP contribution >= 0.6 is 0 Å². The lowest BCUT2D eigenvalue weighted by Gasteiger charge is -2.28. The second-order valence-corrected chi connectivity index (χ2v) is 3.13. The van der Waals surface area contributed by atoms with Gasteiger partial charge in [-0.05, 0) is 39.8 Å². The molecule has 0 aliphatic heterocycles. The van der Waals surface area contributed by atoms with E-state index in [2.05, 4.69) is 25.9 Å². The van der Waals surface area contributed by atoms with Gasteiger partial charge in [0, 0.05) is 0 Å². The van der Waals surface area contributed by atoms with Gasteiger partial charge in [0.05, 0.1) is 5.71 Å². The summed E-state index contributed by atoms with van der Waals surface area (Å²) in [5.41, 5.74) is 0.966. The van der Waals surface area contributed by atoms with Crippen LogP contribution in [-0.4, -0.2) is 35.5 Å². The summed E-state index contributed by atoms with van der Waals surface area (Å²) in [6.45, 7) is 13.1. The van der Waals surface area contributed by atoms with Gasteiger partial charge in [0.15, 0.2) is 0 Å². The molecule has 0 bridgehead atoms. The number of hydrogen-bond acceptors (Lipinski definition) is 3. The fourth-order valence-electron chi connectivity index (χ4n) is 1.01. The van der Waals surface area contributed by atoms with Crippen LogP contribution in [0.1, 0.15) is 34.6 Å². The minimum absolute atomic E-state index is 0. The maximum atomic E-state index is 5.46. The monoisotopic (exact) mass is 190 g/mol. The highest BCUT2D eigenvalue weighted by molar-refractivity contribution is 5.78. The van der Waals surface area contributed by atoms with Gasteiger partial charge in [-0.15, -0.1) is 4.65 Å². The second-order valence-electron chi connectivity index (χ2n) is 3.13. The maximum absolute atomic E-state index is 5.46. The molecule has 0 aliphatic carbocycles. The zero-order chi connectivity index (χ0) is 9.61. The molecule has 0 fully saturated rings. The van der Waals surface area contributed by atoms with Gasteiger partial charge < -0.3 is 5.48 Å². The number of hydrogen-bond donors (Lipinski definition) is 0. The molecule has 0 saturated heterocycles. The fraction of sp³-hybridized carbons (Fsp3) is 0.889. The molecule has 0 radical (unpaired) electrons. The first kappa shape index (κ1) is 14.9. The third kappa shape index (κ3) is 4.85. The summed E-state index contributed by atoms with van der Waals surface area (Å²) >= 11 is 0. The highest BCUT2D eigenvalue weighted by Crippen LogP contribution is 2.07. The van der Waals surface area contributed by atoms with Crippen LogP contribution in [0.3, 0.4) is 0 Å². The topological polar surface area (TPSA) is 51.6 Å². The van der Waals surface area contributed by atoms with Crippen LogP contribution in [-0.2, 0) is 4.94 Å². The van der Waals surface area contributed by atoms with E-state index in [9.17, 15) is 0 Å². The van der Waals surface area contributed by atoms with Gasteiger partial charge >= 0.3 is 0 Å². The van der Waals surface area contributed by atoms with Crippen LogP contribution in [0.25, 0.3) is 0 Å². The molecule has 0 aromatic heterocycles. The van der Waals surface area contributed by atoms with Crippen LogP contribution in [0.4, 0.5) is 0 Å². The van der Waals surface area contributed by atoms with Crippen molar-refractivity contribution in [2.24, 2.45) is 5.16 Å². The predicted molar refractivity (Wildman–Crippen MR) is 53.7 cm³/mol. The first-order valence-electron chi connectivity index (χ1n) is 4.66. The summed E-state index contributed by atoms with van der Waals surface area (Å²) in [6.07, 6.45) is 0. The van der Waals surface area contributed by atoms with E-state index in [0.717, 1.165) is 25.3 Å². The highest BCUT2D eigenvalue weighted by Gasteiger charge is 2.23. The SMILES string of the molecule is CC[N+](CC)(CC)ON=C(C)C.[OH-]. The molecule has 1 N–H and O–H groups in total. The average molecular weight is 190 g/mol. The minimum Gasteiger partial charge on any atom is -0.870 e. The Labute approximate surface area is 81.0 Å². The number of nitrogens with zero attached hydrogens (tertiary/aromatic N) is 2.